The first kappa shape index (κ1) is 10.6. The van der Waals surface area contributed by atoms with Crippen molar-refractivity contribution in [3.63, 3.8) is 0 Å². The number of anilines is 1. The van der Waals surface area contributed by atoms with E-state index in [1.807, 2.05) is 0 Å². The molecule has 18 heavy (non-hydrogen) atoms. The van der Waals surface area contributed by atoms with Crippen LogP contribution >= 0.6 is 11.3 Å². The monoisotopic (exact) mass is 260 g/mol. The van der Waals surface area contributed by atoms with E-state index in [0.717, 1.165) is 36.0 Å². The second kappa shape index (κ2) is 3.82. The van der Waals surface area contributed by atoms with Gasteiger partial charge in [-0.25, -0.2) is 0 Å². The average molecular weight is 260 g/mol. The van der Waals surface area contributed by atoms with Gasteiger partial charge in [0, 0.05) is 17.8 Å². The SMILES string of the molecule is Nc1sc2c(c1-c1nnc3n1CCC3)CCCC2. The number of nitrogens with zero attached hydrogens (tertiary/aromatic N) is 3. The van der Waals surface area contributed by atoms with Crippen LogP contribution in [0, 0.1) is 0 Å². The van der Waals surface area contributed by atoms with Gasteiger partial charge in [-0.1, -0.05) is 0 Å². The van der Waals surface area contributed by atoms with E-state index in [2.05, 4.69) is 14.8 Å². The molecule has 94 valence electrons. The molecule has 0 bridgehead atoms. The molecular formula is C13H16N4S. The van der Waals surface area contributed by atoms with Gasteiger partial charge in [0.15, 0.2) is 5.82 Å². The molecule has 5 heteroatoms. The van der Waals surface area contributed by atoms with Gasteiger partial charge >= 0.3 is 0 Å². The Kier molecular flexibility index (Phi) is 2.24. The van der Waals surface area contributed by atoms with Crippen molar-refractivity contribution in [2.24, 2.45) is 0 Å². The first-order valence-electron chi connectivity index (χ1n) is 6.67. The minimum atomic E-state index is 0.934. The second-order valence-corrected chi connectivity index (χ2v) is 6.28. The van der Waals surface area contributed by atoms with E-state index in [1.165, 1.54) is 41.7 Å². The molecule has 0 amide bonds. The summed E-state index contributed by atoms with van der Waals surface area (Å²) in [5.74, 6) is 2.14. The van der Waals surface area contributed by atoms with Crippen LogP contribution in [0.3, 0.4) is 0 Å². The molecule has 0 fully saturated rings. The summed E-state index contributed by atoms with van der Waals surface area (Å²) in [6.07, 6.45) is 7.15. The van der Waals surface area contributed by atoms with Crippen LogP contribution in [0.15, 0.2) is 0 Å². The van der Waals surface area contributed by atoms with Crippen LogP contribution in [-0.2, 0) is 25.8 Å². The molecule has 3 heterocycles. The Labute approximate surface area is 110 Å². The topological polar surface area (TPSA) is 56.7 Å². The fraction of sp³-hybridized carbons (Fsp3) is 0.538. The summed E-state index contributed by atoms with van der Waals surface area (Å²) in [6, 6.07) is 0. The van der Waals surface area contributed by atoms with Crippen LogP contribution in [0.25, 0.3) is 11.4 Å². The number of fused-ring (bicyclic) bond motifs is 2. The Morgan fingerprint density at radius 3 is 2.89 bits per heavy atom. The summed E-state index contributed by atoms with van der Waals surface area (Å²) < 4.78 is 2.26. The minimum absolute atomic E-state index is 0.934. The highest BCUT2D eigenvalue weighted by atomic mass is 32.1. The predicted octanol–water partition coefficient (Wildman–Crippen LogP) is 2.41. The lowest BCUT2D eigenvalue weighted by Crippen LogP contribution is -2.03. The molecular weight excluding hydrogens is 244 g/mol. The summed E-state index contributed by atoms with van der Waals surface area (Å²) in [7, 11) is 0. The van der Waals surface area contributed by atoms with E-state index in [4.69, 9.17) is 5.73 Å². The Morgan fingerprint density at radius 1 is 1.06 bits per heavy atom. The van der Waals surface area contributed by atoms with Crippen molar-refractivity contribution in [3.05, 3.63) is 16.3 Å². The van der Waals surface area contributed by atoms with E-state index in [-0.39, 0.29) is 0 Å². The molecule has 2 aromatic rings. The lowest BCUT2D eigenvalue weighted by Gasteiger charge is -2.12. The fourth-order valence-corrected chi connectivity index (χ4v) is 4.32. The number of hydrogen-bond donors (Lipinski definition) is 1. The zero-order valence-electron chi connectivity index (χ0n) is 10.3. The van der Waals surface area contributed by atoms with Crippen molar-refractivity contribution >= 4 is 16.3 Å². The van der Waals surface area contributed by atoms with Gasteiger partial charge in [-0.3, -0.25) is 0 Å². The lowest BCUT2D eigenvalue weighted by molar-refractivity contribution is 0.695. The third-order valence-corrected chi connectivity index (χ3v) is 5.15. The molecule has 2 aromatic heterocycles. The smallest absolute Gasteiger partial charge is 0.167 e. The van der Waals surface area contributed by atoms with Crippen LogP contribution in [0.1, 0.15) is 35.5 Å². The molecule has 0 radical (unpaired) electrons. The number of rotatable bonds is 1. The van der Waals surface area contributed by atoms with E-state index in [0.29, 0.717) is 0 Å². The Morgan fingerprint density at radius 2 is 1.94 bits per heavy atom. The maximum Gasteiger partial charge on any atom is 0.167 e. The van der Waals surface area contributed by atoms with Crippen molar-refractivity contribution < 1.29 is 0 Å². The Bertz CT molecular complexity index is 611. The second-order valence-electron chi connectivity index (χ2n) is 5.15. The molecule has 0 saturated carbocycles. The van der Waals surface area contributed by atoms with Crippen molar-refractivity contribution in [1.82, 2.24) is 14.8 Å². The normalized spacial score (nSPS) is 17.8. The van der Waals surface area contributed by atoms with Crippen molar-refractivity contribution in [1.29, 1.82) is 0 Å². The number of thiophene rings is 1. The largest absolute Gasteiger partial charge is 0.390 e. The van der Waals surface area contributed by atoms with Crippen LogP contribution in [-0.4, -0.2) is 14.8 Å². The molecule has 0 spiro atoms. The number of nitrogen functional groups attached to an aromatic ring is 1. The highest BCUT2D eigenvalue weighted by Gasteiger charge is 2.26. The number of nitrogens with two attached hydrogens (primary N) is 1. The van der Waals surface area contributed by atoms with Gasteiger partial charge in [0.25, 0.3) is 0 Å². The Hall–Kier alpha value is -1.36. The minimum Gasteiger partial charge on any atom is -0.390 e. The maximum atomic E-state index is 6.24. The molecule has 1 aliphatic carbocycles. The van der Waals surface area contributed by atoms with E-state index in [1.54, 1.807) is 11.3 Å². The molecule has 1 aliphatic heterocycles. The highest BCUT2D eigenvalue weighted by Crippen LogP contribution is 2.42. The molecule has 0 saturated heterocycles. The molecule has 4 nitrogen and oxygen atoms in total. The third-order valence-electron chi connectivity index (χ3n) is 4.03. The molecule has 0 unspecified atom stereocenters. The lowest BCUT2D eigenvalue weighted by atomic mass is 9.95. The first-order chi connectivity index (χ1) is 8.84. The van der Waals surface area contributed by atoms with Crippen LogP contribution in [0.2, 0.25) is 0 Å². The van der Waals surface area contributed by atoms with E-state index in [9.17, 15) is 0 Å². The summed E-state index contributed by atoms with van der Waals surface area (Å²) in [6.45, 7) is 1.04. The van der Waals surface area contributed by atoms with Crippen molar-refractivity contribution in [2.75, 3.05) is 5.73 Å². The number of aryl methyl sites for hydroxylation is 2. The van der Waals surface area contributed by atoms with Gasteiger partial charge in [-0.15, -0.1) is 21.5 Å². The molecule has 0 aromatic carbocycles. The molecule has 0 atom stereocenters. The summed E-state index contributed by atoms with van der Waals surface area (Å²) in [5, 5.41) is 9.63. The summed E-state index contributed by atoms with van der Waals surface area (Å²) in [4.78, 5) is 1.48. The quantitative estimate of drug-likeness (QED) is 0.856. The molecule has 2 aliphatic rings. The zero-order valence-corrected chi connectivity index (χ0v) is 11.1. The van der Waals surface area contributed by atoms with Crippen LogP contribution in [0.5, 0.6) is 0 Å². The van der Waals surface area contributed by atoms with Crippen LogP contribution in [0.4, 0.5) is 5.00 Å². The summed E-state index contributed by atoms with van der Waals surface area (Å²) >= 11 is 1.76. The van der Waals surface area contributed by atoms with Gasteiger partial charge < -0.3 is 10.3 Å². The van der Waals surface area contributed by atoms with E-state index < -0.39 is 0 Å². The van der Waals surface area contributed by atoms with Crippen LogP contribution < -0.4 is 5.73 Å². The average Bonchev–Trinajstić information content (AvgIpc) is 3.01. The predicted molar refractivity (Wildman–Crippen MR) is 72.7 cm³/mol. The van der Waals surface area contributed by atoms with Gasteiger partial charge in [-0.2, -0.15) is 0 Å². The number of hydrogen-bond acceptors (Lipinski definition) is 4. The third kappa shape index (κ3) is 1.37. The van der Waals surface area contributed by atoms with Gasteiger partial charge in [0.2, 0.25) is 0 Å². The van der Waals surface area contributed by atoms with Crippen molar-refractivity contribution in [2.45, 2.75) is 45.1 Å². The van der Waals surface area contributed by atoms with Gasteiger partial charge in [0.05, 0.1) is 10.6 Å². The van der Waals surface area contributed by atoms with Gasteiger partial charge in [0.1, 0.15) is 5.82 Å². The molecule has 2 N–H and O–H groups in total. The summed E-state index contributed by atoms with van der Waals surface area (Å²) in [5.41, 5.74) is 8.88. The van der Waals surface area contributed by atoms with Gasteiger partial charge in [-0.05, 0) is 37.7 Å². The molecule has 4 rings (SSSR count). The first-order valence-corrected chi connectivity index (χ1v) is 7.48. The maximum absolute atomic E-state index is 6.24. The zero-order chi connectivity index (χ0) is 12.1. The fourth-order valence-electron chi connectivity index (χ4n) is 3.17. The van der Waals surface area contributed by atoms with E-state index >= 15 is 0 Å². The van der Waals surface area contributed by atoms with Crippen molar-refractivity contribution in [3.8, 4) is 11.4 Å². The Balaban J connectivity index is 1.91. The number of aromatic nitrogens is 3. The highest BCUT2D eigenvalue weighted by molar-refractivity contribution is 7.16. The standard InChI is InChI=1S/C13H16N4S/c14-12-11(8-4-1-2-5-9(8)18-12)13-16-15-10-6-3-7-17(10)13/h1-7,14H2.